The van der Waals surface area contributed by atoms with E-state index in [9.17, 15) is 4.79 Å². The number of rotatable bonds is 8. The zero-order valence-corrected chi connectivity index (χ0v) is 16.2. The van der Waals surface area contributed by atoms with E-state index >= 15 is 0 Å². The first-order chi connectivity index (χ1) is 12.3. The van der Waals surface area contributed by atoms with Gasteiger partial charge in [-0.3, -0.25) is 4.79 Å². The quantitative estimate of drug-likeness (QED) is 0.430. The molecular weight excluding hydrogens is 328 g/mol. The van der Waals surface area contributed by atoms with Crippen LogP contribution in [0.1, 0.15) is 47.5 Å². The fourth-order valence-electron chi connectivity index (χ4n) is 2.00. The van der Waals surface area contributed by atoms with Gasteiger partial charge in [-0.25, -0.2) is 0 Å². The van der Waals surface area contributed by atoms with Gasteiger partial charge in [0.1, 0.15) is 23.0 Å². The van der Waals surface area contributed by atoms with Crippen molar-refractivity contribution in [3.8, 4) is 23.0 Å². The molecule has 0 spiro atoms. The predicted molar refractivity (Wildman–Crippen MR) is 103 cm³/mol. The molecule has 1 unspecified atom stereocenters. The summed E-state index contributed by atoms with van der Waals surface area (Å²) in [5.74, 6) is 2.51. The maximum atomic E-state index is 12.1. The molecule has 0 saturated carbocycles. The predicted octanol–water partition coefficient (Wildman–Crippen LogP) is 6.00. The lowest BCUT2D eigenvalue weighted by Gasteiger charge is -2.20. The molecule has 2 rings (SSSR count). The van der Waals surface area contributed by atoms with Crippen LogP contribution in [-0.2, 0) is 4.79 Å². The number of hydrogen-bond donors (Lipinski definition) is 0. The second-order valence-electron chi connectivity index (χ2n) is 7.01. The van der Waals surface area contributed by atoms with Crippen LogP contribution >= 0.6 is 0 Å². The molecule has 0 radical (unpaired) electrons. The summed E-state index contributed by atoms with van der Waals surface area (Å²) in [6.45, 7) is 9.85. The Morgan fingerprint density at radius 1 is 0.885 bits per heavy atom. The summed E-state index contributed by atoms with van der Waals surface area (Å²) in [6, 6.07) is 14.6. The molecular formula is C22H28O4. The van der Waals surface area contributed by atoms with Gasteiger partial charge in [-0.2, -0.15) is 0 Å². The molecule has 1 atom stereocenters. The highest BCUT2D eigenvalue weighted by molar-refractivity contribution is 5.78. The topological polar surface area (TPSA) is 44.8 Å². The van der Waals surface area contributed by atoms with Gasteiger partial charge < -0.3 is 14.2 Å². The monoisotopic (exact) mass is 356 g/mol. The van der Waals surface area contributed by atoms with Gasteiger partial charge in [0.15, 0.2) is 0 Å². The van der Waals surface area contributed by atoms with Gasteiger partial charge in [-0.05, 0) is 82.1 Å². The van der Waals surface area contributed by atoms with Crippen LogP contribution in [0.25, 0.3) is 0 Å². The SMILES string of the molecule is CCC(C)Oc1ccc(Oc2ccc(OC(=O)C(C)(C)CC)cc2)cc1. The molecule has 0 heterocycles. The molecule has 26 heavy (non-hydrogen) atoms. The summed E-state index contributed by atoms with van der Waals surface area (Å²) in [7, 11) is 0. The van der Waals surface area contributed by atoms with E-state index in [-0.39, 0.29) is 12.1 Å². The zero-order chi connectivity index (χ0) is 19.2. The molecule has 0 N–H and O–H groups in total. The van der Waals surface area contributed by atoms with Gasteiger partial charge in [-0.1, -0.05) is 13.8 Å². The molecule has 0 aromatic heterocycles. The lowest BCUT2D eigenvalue weighted by atomic mass is 9.91. The molecule has 4 nitrogen and oxygen atoms in total. The van der Waals surface area contributed by atoms with E-state index in [0.717, 1.165) is 24.3 Å². The Balaban J connectivity index is 1.95. The fraction of sp³-hybridized carbons (Fsp3) is 0.409. The van der Waals surface area contributed by atoms with Crippen LogP contribution in [0, 0.1) is 5.41 Å². The summed E-state index contributed by atoms with van der Waals surface area (Å²) in [6.07, 6.45) is 1.88. The Morgan fingerprint density at radius 2 is 1.35 bits per heavy atom. The Hall–Kier alpha value is -2.49. The van der Waals surface area contributed by atoms with Crippen LogP contribution in [0.4, 0.5) is 0 Å². The van der Waals surface area contributed by atoms with Gasteiger partial charge in [0.2, 0.25) is 0 Å². The Labute approximate surface area is 156 Å². The summed E-state index contributed by atoms with van der Waals surface area (Å²) in [5, 5.41) is 0. The van der Waals surface area contributed by atoms with E-state index in [0.29, 0.717) is 11.5 Å². The number of carbonyl (C=O) groups is 1. The largest absolute Gasteiger partial charge is 0.491 e. The Bertz CT molecular complexity index is 702. The van der Waals surface area contributed by atoms with E-state index in [2.05, 4.69) is 6.92 Å². The van der Waals surface area contributed by atoms with E-state index < -0.39 is 5.41 Å². The highest BCUT2D eigenvalue weighted by Crippen LogP contribution is 2.28. The Morgan fingerprint density at radius 3 is 1.81 bits per heavy atom. The molecule has 4 heteroatoms. The molecule has 0 aliphatic rings. The molecule has 0 aliphatic heterocycles. The summed E-state index contributed by atoms with van der Waals surface area (Å²) >= 11 is 0. The average molecular weight is 356 g/mol. The fourth-order valence-corrected chi connectivity index (χ4v) is 2.00. The smallest absolute Gasteiger partial charge is 0.316 e. The van der Waals surface area contributed by atoms with Crippen molar-refractivity contribution in [1.29, 1.82) is 0 Å². The molecule has 0 fully saturated rings. The van der Waals surface area contributed by atoms with Crippen LogP contribution in [0.3, 0.4) is 0 Å². The molecule has 2 aromatic rings. The Kier molecular flexibility index (Phi) is 6.67. The second kappa shape index (κ2) is 8.75. The van der Waals surface area contributed by atoms with Gasteiger partial charge in [0, 0.05) is 0 Å². The third-order valence-corrected chi connectivity index (χ3v) is 4.44. The minimum atomic E-state index is -0.492. The molecule has 0 bridgehead atoms. The second-order valence-corrected chi connectivity index (χ2v) is 7.01. The standard InChI is InChI=1S/C22H28O4/c1-6-16(3)24-17-8-10-18(11-9-17)25-19-12-14-20(15-13-19)26-21(23)22(4,5)7-2/h8-16H,6-7H2,1-5H3. The van der Waals surface area contributed by atoms with Crippen molar-refractivity contribution in [2.45, 2.75) is 53.6 Å². The van der Waals surface area contributed by atoms with Crippen molar-refractivity contribution in [2.75, 3.05) is 0 Å². The average Bonchev–Trinajstić information content (AvgIpc) is 2.64. The molecule has 0 amide bonds. The first kappa shape index (κ1) is 19.8. The zero-order valence-electron chi connectivity index (χ0n) is 16.2. The summed E-state index contributed by atoms with van der Waals surface area (Å²) in [5.41, 5.74) is -0.492. The van der Waals surface area contributed by atoms with Crippen molar-refractivity contribution >= 4 is 5.97 Å². The minimum Gasteiger partial charge on any atom is -0.491 e. The number of ether oxygens (including phenoxy) is 3. The maximum Gasteiger partial charge on any atom is 0.316 e. The number of carbonyl (C=O) groups excluding carboxylic acids is 1. The van der Waals surface area contributed by atoms with E-state index in [4.69, 9.17) is 14.2 Å². The van der Waals surface area contributed by atoms with Crippen molar-refractivity contribution < 1.29 is 19.0 Å². The lowest BCUT2D eigenvalue weighted by molar-refractivity contribution is -0.144. The summed E-state index contributed by atoms with van der Waals surface area (Å²) < 4.78 is 17.0. The highest BCUT2D eigenvalue weighted by atomic mass is 16.5. The van der Waals surface area contributed by atoms with Gasteiger partial charge in [0.25, 0.3) is 0 Å². The number of esters is 1. The molecule has 2 aromatic carbocycles. The van der Waals surface area contributed by atoms with Crippen LogP contribution in [0.5, 0.6) is 23.0 Å². The minimum absolute atomic E-state index is 0.190. The van der Waals surface area contributed by atoms with E-state index in [1.807, 2.05) is 52.0 Å². The highest BCUT2D eigenvalue weighted by Gasteiger charge is 2.27. The van der Waals surface area contributed by atoms with E-state index in [1.165, 1.54) is 0 Å². The van der Waals surface area contributed by atoms with Crippen LogP contribution < -0.4 is 14.2 Å². The van der Waals surface area contributed by atoms with Crippen molar-refractivity contribution in [3.05, 3.63) is 48.5 Å². The van der Waals surface area contributed by atoms with Crippen LogP contribution in [0.2, 0.25) is 0 Å². The maximum absolute atomic E-state index is 12.1. The third-order valence-electron chi connectivity index (χ3n) is 4.44. The number of benzene rings is 2. The lowest BCUT2D eigenvalue weighted by Crippen LogP contribution is -2.28. The van der Waals surface area contributed by atoms with Gasteiger partial charge in [-0.15, -0.1) is 0 Å². The third kappa shape index (κ3) is 5.51. The molecule has 0 saturated heterocycles. The van der Waals surface area contributed by atoms with Crippen molar-refractivity contribution in [3.63, 3.8) is 0 Å². The molecule has 140 valence electrons. The van der Waals surface area contributed by atoms with Gasteiger partial charge in [0.05, 0.1) is 11.5 Å². The first-order valence-electron chi connectivity index (χ1n) is 9.11. The molecule has 0 aliphatic carbocycles. The summed E-state index contributed by atoms with van der Waals surface area (Å²) in [4.78, 5) is 12.1. The van der Waals surface area contributed by atoms with Crippen molar-refractivity contribution in [1.82, 2.24) is 0 Å². The normalized spacial score (nSPS) is 12.3. The number of hydrogen-bond acceptors (Lipinski definition) is 4. The van der Waals surface area contributed by atoms with Gasteiger partial charge >= 0.3 is 5.97 Å². The first-order valence-corrected chi connectivity index (χ1v) is 9.11. The van der Waals surface area contributed by atoms with Crippen LogP contribution in [0.15, 0.2) is 48.5 Å². The van der Waals surface area contributed by atoms with E-state index in [1.54, 1.807) is 24.3 Å². The van der Waals surface area contributed by atoms with Crippen molar-refractivity contribution in [2.24, 2.45) is 5.41 Å². The van der Waals surface area contributed by atoms with Crippen LogP contribution in [-0.4, -0.2) is 12.1 Å².